The molecule has 0 saturated carbocycles. The first-order chi connectivity index (χ1) is 6.24. The lowest BCUT2D eigenvalue weighted by atomic mass is 10.3. The summed E-state index contributed by atoms with van der Waals surface area (Å²) in [5.74, 6) is 0.621. The van der Waals surface area contributed by atoms with Gasteiger partial charge in [0.25, 0.3) is 0 Å². The largest absolute Gasteiger partial charge is 0.491 e. The van der Waals surface area contributed by atoms with Crippen LogP contribution >= 0.6 is 0 Å². The zero-order valence-electron chi connectivity index (χ0n) is 7.64. The summed E-state index contributed by atoms with van der Waals surface area (Å²) in [5.41, 5.74) is 8.81. The van der Waals surface area contributed by atoms with E-state index in [0.717, 1.165) is 0 Å². The number of benzene rings is 1. The van der Waals surface area contributed by atoms with Crippen molar-refractivity contribution in [3.05, 3.63) is 34.7 Å². The van der Waals surface area contributed by atoms with E-state index in [9.17, 15) is 0 Å². The Bertz CT molecular complexity index is 329. The molecule has 1 rings (SSSR count). The summed E-state index contributed by atoms with van der Waals surface area (Å²) >= 11 is 0. The lowest BCUT2D eigenvalue weighted by Crippen LogP contribution is -2.05. The summed E-state index contributed by atoms with van der Waals surface area (Å²) < 4.78 is 5.43. The maximum atomic E-state index is 8.28. The number of ether oxygens (including phenoxy) is 1. The maximum Gasteiger partial charge on any atom is 0.129 e. The summed E-state index contributed by atoms with van der Waals surface area (Å²) in [6.45, 7) is 3.85. The van der Waals surface area contributed by atoms with Crippen LogP contribution in [0.4, 0.5) is 5.69 Å². The van der Waals surface area contributed by atoms with Crippen molar-refractivity contribution in [2.24, 2.45) is 5.11 Å². The van der Waals surface area contributed by atoms with Gasteiger partial charge in [-0.25, -0.2) is 0 Å². The Labute approximate surface area is 76.8 Å². The van der Waals surface area contributed by atoms with Crippen LogP contribution in [0.2, 0.25) is 0 Å². The van der Waals surface area contributed by atoms with Gasteiger partial charge in [-0.15, -0.1) is 0 Å². The van der Waals surface area contributed by atoms with Crippen LogP contribution in [-0.4, -0.2) is 6.10 Å². The Hall–Kier alpha value is -1.67. The average Bonchev–Trinajstić information content (AvgIpc) is 2.08. The van der Waals surface area contributed by atoms with Crippen LogP contribution < -0.4 is 4.74 Å². The first-order valence-electron chi connectivity index (χ1n) is 4.05. The van der Waals surface area contributed by atoms with Gasteiger partial charge in [-0.3, -0.25) is 0 Å². The van der Waals surface area contributed by atoms with Crippen molar-refractivity contribution in [1.82, 2.24) is 0 Å². The third-order valence-electron chi connectivity index (χ3n) is 1.38. The van der Waals surface area contributed by atoms with Gasteiger partial charge in [0.1, 0.15) is 5.75 Å². The normalized spacial score (nSPS) is 9.46. The molecule has 0 heterocycles. The van der Waals surface area contributed by atoms with Crippen molar-refractivity contribution >= 4 is 5.69 Å². The average molecular weight is 177 g/mol. The Morgan fingerprint density at radius 1 is 1.38 bits per heavy atom. The zero-order valence-corrected chi connectivity index (χ0v) is 7.64. The summed E-state index contributed by atoms with van der Waals surface area (Å²) in [5, 5.41) is 3.52. The highest BCUT2D eigenvalue weighted by Gasteiger charge is 2.01. The van der Waals surface area contributed by atoms with Crippen molar-refractivity contribution in [1.29, 1.82) is 0 Å². The highest BCUT2D eigenvalue weighted by molar-refractivity contribution is 5.51. The van der Waals surface area contributed by atoms with Gasteiger partial charge in [0, 0.05) is 4.91 Å². The van der Waals surface area contributed by atoms with Crippen LogP contribution in [0.5, 0.6) is 5.75 Å². The molecule has 0 N–H and O–H groups in total. The number of hydrogen-bond donors (Lipinski definition) is 0. The molecule has 0 aliphatic carbocycles. The van der Waals surface area contributed by atoms with Gasteiger partial charge in [0.2, 0.25) is 0 Å². The van der Waals surface area contributed by atoms with Crippen molar-refractivity contribution in [2.75, 3.05) is 0 Å². The van der Waals surface area contributed by atoms with E-state index in [1.165, 1.54) is 0 Å². The van der Waals surface area contributed by atoms with Crippen LogP contribution in [-0.2, 0) is 0 Å². The van der Waals surface area contributed by atoms with E-state index >= 15 is 0 Å². The molecule has 0 aliphatic rings. The number of hydrogen-bond acceptors (Lipinski definition) is 2. The van der Waals surface area contributed by atoms with Gasteiger partial charge in [0.05, 0.1) is 11.8 Å². The molecule has 4 nitrogen and oxygen atoms in total. The molecule has 0 amide bonds. The monoisotopic (exact) mass is 177 g/mol. The number of azide groups is 1. The van der Waals surface area contributed by atoms with Gasteiger partial charge < -0.3 is 4.74 Å². The molecular formula is C9H11N3O. The topological polar surface area (TPSA) is 58.0 Å². The molecule has 13 heavy (non-hydrogen) atoms. The molecule has 68 valence electrons. The van der Waals surface area contributed by atoms with Crippen molar-refractivity contribution in [2.45, 2.75) is 20.0 Å². The Balaban J connectivity index is 2.97. The van der Waals surface area contributed by atoms with E-state index in [2.05, 4.69) is 10.0 Å². The molecule has 0 atom stereocenters. The minimum atomic E-state index is 0.0787. The first kappa shape index (κ1) is 9.42. The quantitative estimate of drug-likeness (QED) is 0.396. The van der Waals surface area contributed by atoms with E-state index in [4.69, 9.17) is 10.3 Å². The maximum absolute atomic E-state index is 8.28. The lowest BCUT2D eigenvalue weighted by molar-refractivity contribution is 0.243. The molecule has 0 bridgehead atoms. The summed E-state index contributed by atoms with van der Waals surface area (Å²) in [6.07, 6.45) is 0.0787. The standard InChI is InChI=1S/C9H11N3O/c1-7(2)13-9-6-4-3-5-8(9)11-12-10/h3-7H,1-2H3. The number of nitrogens with zero attached hydrogens (tertiary/aromatic N) is 3. The second kappa shape index (κ2) is 4.38. The fraction of sp³-hybridized carbons (Fsp3) is 0.333. The molecule has 4 heteroatoms. The van der Waals surface area contributed by atoms with Crippen LogP contribution in [0.25, 0.3) is 10.4 Å². The summed E-state index contributed by atoms with van der Waals surface area (Å²) in [7, 11) is 0. The third kappa shape index (κ3) is 2.69. The minimum Gasteiger partial charge on any atom is -0.491 e. The van der Waals surface area contributed by atoms with E-state index in [1.807, 2.05) is 19.9 Å². The molecule has 0 radical (unpaired) electrons. The fourth-order valence-corrected chi connectivity index (χ4v) is 0.942. The van der Waals surface area contributed by atoms with Gasteiger partial charge in [-0.05, 0) is 31.5 Å². The molecular weight excluding hydrogens is 166 g/mol. The molecule has 0 aromatic heterocycles. The smallest absolute Gasteiger partial charge is 0.129 e. The molecule has 1 aromatic carbocycles. The van der Waals surface area contributed by atoms with Crippen LogP contribution in [0.3, 0.4) is 0 Å². The zero-order chi connectivity index (χ0) is 9.68. The highest BCUT2D eigenvalue weighted by Crippen LogP contribution is 2.27. The summed E-state index contributed by atoms with van der Waals surface area (Å²) in [6, 6.07) is 7.15. The van der Waals surface area contributed by atoms with E-state index < -0.39 is 0 Å². The molecule has 0 aliphatic heterocycles. The van der Waals surface area contributed by atoms with E-state index in [1.54, 1.807) is 18.2 Å². The third-order valence-corrected chi connectivity index (χ3v) is 1.38. The lowest BCUT2D eigenvalue weighted by Gasteiger charge is -2.10. The van der Waals surface area contributed by atoms with E-state index in [0.29, 0.717) is 11.4 Å². The Kier molecular flexibility index (Phi) is 3.17. The van der Waals surface area contributed by atoms with Gasteiger partial charge in [-0.1, -0.05) is 17.2 Å². The first-order valence-corrected chi connectivity index (χ1v) is 4.05. The fourth-order valence-electron chi connectivity index (χ4n) is 0.942. The molecule has 0 spiro atoms. The Morgan fingerprint density at radius 2 is 2.08 bits per heavy atom. The van der Waals surface area contributed by atoms with Crippen LogP contribution in [0.15, 0.2) is 29.4 Å². The SMILES string of the molecule is CC(C)Oc1ccccc1N=[N+]=[N-]. The van der Waals surface area contributed by atoms with Gasteiger partial charge in [0.15, 0.2) is 0 Å². The van der Waals surface area contributed by atoms with Gasteiger partial charge >= 0.3 is 0 Å². The second-order valence-electron chi connectivity index (χ2n) is 2.82. The molecule has 1 aromatic rings. The molecule has 0 unspecified atom stereocenters. The van der Waals surface area contributed by atoms with Gasteiger partial charge in [-0.2, -0.15) is 0 Å². The second-order valence-corrected chi connectivity index (χ2v) is 2.82. The number of rotatable bonds is 3. The molecule has 0 fully saturated rings. The Morgan fingerprint density at radius 3 is 2.69 bits per heavy atom. The molecule has 0 saturated heterocycles. The van der Waals surface area contributed by atoms with Crippen LogP contribution in [0.1, 0.15) is 13.8 Å². The number of para-hydroxylation sites is 1. The van der Waals surface area contributed by atoms with Crippen molar-refractivity contribution < 1.29 is 4.74 Å². The van der Waals surface area contributed by atoms with E-state index in [-0.39, 0.29) is 6.10 Å². The van der Waals surface area contributed by atoms with Crippen LogP contribution in [0, 0.1) is 0 Å². The highest BCUT2D eigenvalue weighted by atomic mass is 16.5. The predicted molar refractivity (Wildman–Crippen MR) is 51.0 cm³/mol. The van der Waals surface area contributed by atoms with Crippen molar-refractivity contribution in [3.63, 3.8) is 0 Å². The summed E-state index contributed by atoms with van der Waals surface area (Å²) in [4.78, 5) is 2.72. The predicted octanol–water partition coefficient (Wildman–Crippen LogP) is 3.42. The minimum absolute atomic E-state index is 0.0787. The van der Waals surface area contributed by atoms with Crippen molar-refractivity contribution in [3.8, 4) is 5.75 Å².